The summed E-state index contributed by atoms with van der Waals surface area (Å²) in [6.07, 6.45) is 0. The summed E-state index contributed by atoms with van der Waals surface area (Å²) in [5.41, 5.74) is 6.58. The highest BCUT2D eigenvalue weighted by molar-refractivity contribution is 5.43. The molecule has 4 heteroatoms. The van der Waals surface area contributed by atoms with Crippen LogP contribution in [0.4, 0.5) is 0 Å². The summed E-state index contributed by atoms with van der Waals surface area (Å²) in [5.74, 6) is 1.38. The third kappa shape index (κ3) is 3.12. The number of nitrogens with two attached hydrogens (primary N) is 1. The highest BCUT2D eigenvalue weighted by Gasteiger charge is 2.10. The first-order valence-corrected chi connectivity index (χ1v) is 5.48. The Balaban J connectivity index is 2.96. The van der Waals surface area contributed by atoms with E-state index in [9.17, 15) is 0 Å². The van der Waals surface area contributed by atoms with Crippen LogP contribution in [0.5, 0.6) is 11.5 Å². The second-order valence-electron chi connectivity index (χ2n) is 3.36. The Labute approximate surface area is 96.0 Å². The molecular formula is C12H19NO3. The van der Waals surface area contributed by atoms with Crippen molar-refractivity contribution in [2.75, 3.05) is 19.8 Å². The van der Waals surface area contributed by atoms with Crippen LogP contribution in [0.15, 0.2) is 18.2 Å². The van der Waals surface area contributed by atoms with E-state index in [2.05, 4.69) is 0 Å². The van der Waals surface area contributed by atoms with Gasteiger partial charge in [0.15, 0.2) is 11.5 Å². The summed E-state index contributed by atoms with van der Waals surface area (Å²) in [4.78, 5) is 0. The smallest absolute Gasteiger partial charge is 0.161 e. The fourth-order valence-corrected chi connectivity index (χ4v) is 1.40. The van der Waals surface area contributed by atoms with Crippen LogP contribution < -0.4 is 15.2 Å². The maximum Gasteiger partial charge on any atom is 0.161 e. The van der Waals surface area contributed by atoms with E-state index in [1.807, 2.05) is 32.0 Å². The van der Waals surface area contributed by atoms with Gasteiger partial charge in [-0.25, -0.2) is 0 Å². The van der Waals surface area contributed by atoms with Gasteiger partial charge >= 0.3 is 0 Å². The summed E-state index contributed by atoms with van der Waals surface area (Å²) in [6, 6.07) is 5.10. The molecule has 3 N–H and O–H groups in total. The van der Waals surface area contributed by atoms with Crippen LogP contribution in [0.25, 0.3) is 0 Å². The largest absolute Gasteiger partial charge is 0.490 e. The molecule has 90 valence electrons. The zero-order valence-corrected chi connectivity index (χ0v) is 9.77. The SMILES string of the molecule is CCOc1ccc(C(N)CO)cc1OCC. The Morgan fingerprint density at radius 1 is 1.19 bits per heavy atom. The lowest BCUT2D eigenvalue weighted by Gasteiger charge is -2.14. The number of hydrogen-bond acceptors (Lipinski definition) is 4. The van der Waals surface area contributed by atoms with Crippen LogP contribution in [0.1, 0.15) is 25.5 Å². The second-order valence-corrected chi connectivity index (χ2v) is 3.36. The summed E-state index contributed by atoms with van der Waals surface area (Å²) in [7, 11) is 0. The molecule has 1 rings (SSSR count). The van der Waals surface area contributed by atoms with Crippen molar-refractivity contribution in [3.8, 4) is 11.5 Å². The molecule has 0 heterocycles. The van der Waals surface area contributed by atoms with Crippen LogP contribution in [-0.2, 0) is 0 Å². The molecule has 0 aromatic heterocycles. The van der Waals surface area contributed by atoms with Gasteiger partial charge in [0.2, 0.25) is 0 Å². The van der Waals surface area contributed by atoms with Crippen LogP contribution in [0, 0.1) is 0 Å². The molecule has 1 aromatic rings. The average Bonchev–Trinajstić information content (AvgIpc) is 2.31. The number of rotatable bonds is 6. The predicted molar refractivity (Wildman–Crippen MR) is 62.8 cm³/mol. The van der Waals surface area contributed by atoms with Gasteiger partial charge in [-0.15, -0.1) is 0 Å². The van der Waals surface area contributed by atoms with Crippen molar-refractivity contribution in [3.63, 3.8) is 0 Å². The molecule has 0 aliphatic heterocycles. The van der Waals surface area contributed by atoms with Crippen molar-refractivity contribution >= 4 is 0 Å². The maximum absolute atomic E-state index is 8.98. The Morgan fingerprint density at radius 3 is 2.38 bits per heavy atom. The molecule has 1 aromatic carbocycles. The van der Waals surface area contributed by atoms with Crippen molar-refractivity contribution < 1.29 is 14.6 Å². The van der Waals surface area contributed by atoms with Gasteiger partial charge < -0.3 is 20.3 Å². The number of hydrogen-bond donors (Lipinski definition) is 2. The van der Waals surface area contributed by atoms with E-state index in [1.165, 1.54) is 0 Å². The summed E-state index contributed by atoms with van der Waals surface area (Å²) >= 11 is 0. The van der Waals surface area contributed by atoms with Gasteiger partial charge in [-0.3, -0.25) is 0 Å². The van der Waals surface area contributed by atoms with Crippen LogP contribution >= 0.6 is 0 Å². The topological polar surface area (TPSA) is 64.7 Å². The Morgan fingerprint density at radius 2 is 1.81 bits per heavy atom. The standard InChI is InChI=1S/C12H19NO3/c1-3-15-11-6-5-9(10(13)8-14)7-12(11)16-4-2/h5-7,10,14H,3-4,8,13H2,1-2H3. The number of ether oxygens (including phenoxy) is 2. The molecule has 16 heavy (non-hydrogen) atoms. The van der Waals surface area contributed by atoms with E-state index >= 15 is 0 Å². The highest BCUT2D eigenvalue weighted by atomic mass is 16.5. The van der Waals surface area contributed by atoms with Gasteiger partial charge in [-0.1, -0.05) is 6.07 Å². The van der Waals surface area contributed by atoms with E-state index in [1.54, 1.807) is 0 Å². The summed E-state index contributed by atoms with van der Waals surface area (Å²) in [5, 5.41) is 8.98. The van der Waals surface area contributed by atoms with Gasteiger partial charge in [-0.05, 0) is 31.5 Å². The molecule has 0 saturated carbocycles. The molecule has 0 fully saturated rings. The number of aliphatic hydroxyl groups is 1. The molecule has 0 aliphatic carbocycles. The minimum absolute atomic E-state index is 0.0838. The third-order valence-electron chi connectivity index (χ3n) is 2.19. The molecule has 0 bridgehead atoms. The second kappa shape index (κ2) is 6.35. The minimum Gasteiger partial charge on any atom is -0.490 e. The Kier molecular flexibility index (Phi) is 5.08. The first-order valence-electron chi connectivity index (χ1n) is 5.48. The van der Waals surface area contributed by atoms with Gasteiger partial charge in [0.1, 0.15) is 0 Å². The third-order valence-corrected chi connectivity index (χ3v) is 2.19. The van der Waals surface area contributed by atoms with E-state index in [4.69, 9.17) is 20.3 Å². The highest BCUT2D eigenvalue weighted by Crippen LogP contribution is 2.30. The van der Waals surface area contributed by atoms with Gasteiger partial charge in [-0.2, -0.15) is 0 Å². The molecule has 0 amide bonds. The van der Waals surface area contributed by atoms with Gasteiger partial charge in [0.05, 0.1) is 25.9 Å². The molecule has 0 aliphatic rings. The van der Waals surface area contributed by atoms with Crippen molar-refractivity contribution in [2.24, 2.45) is 5.73 Å². The summed E-state index contributed by atoms with van der Waals surface area (Å²) in [6.45, 7) is 4.90. The first kappa shape index (κ1) is 12.8. The quantitative estimate of drug-likeness (QED) is 0.769. The fourth-order valence-electron chi connectivity index (χ4n) is 1.40. The van der Waals surface area contributed by atoms with Gasteiger partial charge in [0.25, 0.3) is 0 Å². The predicted octanol–water partition coefficient (Wildman–Crippen LogP) is 1.48. The van der Waals surface area contributed by atoms with E-state index < -0.39 is 0 Å². The number of aliphatic hydroxyl groups excluding tert-OH is 1. The van der Waals surface area contributed by atoms with E-state index in [0.29, 0.717) is 24.7 Å². The molecule has 0 radical (unpaired) electrons. The molecule has 0 spiro atoms. The Hall–Kier alpha value is -1.26. The van der Waals surface area contributed by atoms with Crippen LogP contribution in [0.3, 0.4) is 0 Å². The normalized spacial score (nSPS) is 12.2. The molecule has 1 unspecified atom stereocenters. The molecule has 0 saturated heterocycles. The first-order chi connectivity index (χ1) is 7.72. The van der Waals surface area contributed by atoms with Crippen molar-refractivity contribution in [3.05, 3.63) is 23.8 Å². The fraction of sp³-hybridized carbons (Fsp3) is 0.500. The van der Waals surface area contributed by atoms with Gasteiger partial charge in [0, 0.05) is 0 Å². The van der Waals surface area contributed by atoms with E-state index in [0.717, 1.165) is 5.56 Å². The zero-order chi connectivity index (χ0) is 12.0. The lowest BCUT2D eigenvalue weighted by atomic mass is 10.1. The molecule has 1 atom stereocenters. The lowest BCUT2D eigenvalue weighted by Crippen LogP contribution is -2.14. The van der Waals surface area contributed by atoms with Crippen LogP contribution in [0.2, 0.25) is 0 Å². The average molecular weight is 225 g/mol. The summed E-state index contributed by atoms with van der Waals surface area (Å²) < 4.78 is 10.9. The van der Waals surface area contributed by atoms with Crippen molar-refractivity contribution in [2.45, 2.75) is 19.9 Å². The van der Waals surface area contributed by atoms with Crippen molar-refractivity contribution in [1.29, 1.82) is 0 Å². The lowest BCUT2D eigenvalue weighted by molar-refractivity contribution is 0.265. The number of benzene rings is 1. The van der Waals surface area contributed by atoms with Crippen molar-refractivity contribution in [1.82, 2.24) is 0 Å². The zero-order valence-electron chi connectivity index (χ0n) is 9.77. The van der Waals surface area contributed by atoms with E-state index in [-0.39, 0.29) is 12.6 Å². The monoisotopic (exact) mass is 225 g/mol. The minimum atomic E-state index is -0.380. The molecular weight excluding hydrogens is 206 g/mol. The molecule has 4 nitrogen and oxygen atoms in total. The van der Waals surface area contributed by atoms with Crippen LogP contribution in [-0.4, -0.2) is 24.9 Å². The Bertz CT molecular complexity index is 328. The maximum atomic E-state index is 8.98.